The molecule has 82 valence electrons. The zero-order valence-corrected chi connectivity index (χ0v) is 8.95. The molecule has 0 aromatic heterocycles. The van der Waals surface area contributed by atoms with Gasteiger partial charge >= 0.3 is 0 Å². The smallest absolute Gasteiger partial charge is 0.119 e. The highest BCUT2D eigenvalue weighted by molar-refractivity contribution is 5.44. The van der Waals surface area contributed by atoms with Gasteiger partial charge in [0.25, 0.3) is 0 Å². The van der Waals surface area contributed by atoms with E-state index in [9.17, 15) is 10.2 Å². The van der Waals surface area contributed by atoms with Crippen LogP contribution >= 0.6 is 0 Å². The van der Waals surface area contributed by atoms with Gasteiger partial charge in [-0.2, -0.15) is 0 Å². The van der Waals surface area contributed by atoms with E-state index in [0.29, 0.717) is 11.8 Å². The standard InChI is InChI=1S/C12H17NO2/c1-8-5-12(15)9(7-11(8)14)6-10-3-2-4-13-10/h5,7,10,13-15H,2-4,6H2,1H3. The van der Waals surface area contributed by atoms with Crippen LogP contribution in [0.5, 0.6) is 11.5 Å². The Morgan fingerprint density at radius 1 is 1.33 bits per heavy atom. The lowest BCUT2D eigenvalue weighted by atomic mass is 10.0. The van der Waals surface area contributed by atoms with E-state index in [4.69, 9.17) is 0 Å². The minimum absolute atomic E-state index is 0.265. The molecule has 1 fully saturated rings. The molecule has 0 aliphatic carbocycles. The Hall–Kier alpha value is -1.22. The van der Waals surface area contributed by atoms with E-state index in [2.05, 4.69) is 5.32 Å². The van der Waals surface area contributed by atoms with Crippen LogP contribution in [0.4, 0.5) is 0 Å². The molecule has 1 aromatic rings. The predicted octanol–water partition coefficient (Wildman–Crippen LogP) is 1.70. The van der Waals surface area contributed by atoms with E-state index < -0.39 is 0 Å². The number of hydrogen-bond acceptors (Lipinski definition) is 3. The number of phenols is 2. The molecule has 1 saturated heterocycles. The van der Waals surface area contributed by atoms with Gasteiger partial charge in [-0.1, -0.05) is 0 Å². The van der Waals surface area contributed by atoms with Crippen molar-refractivity contribution in [3.05, 3.63) is 23.3 Å². The molecule has 2 rings (SSSR count). The zero-order valence-electron chi connectivity index (χ0n) is 8.95. The van der Waals surface area contributed by atoms with Gasteiger partial charge in [0.1, 0.15) is 11.5 Å². The molecule has 15 heavy (non-hydrogen) atoms. The molecule has 0 radical (unpaired) electrons. The molecule has 3 nitrogen and oxygen atoms in total. The molecule has 1 aliphatic rings. The van der Waals surface area contributed by atoms with Gasteiger partial charge in [-0.05, 0) is 56.0 Å². The van der Waals surface area contributed by atoms with Crippen LogP contribution in [0.1, 0.15) is 24.0 Å². The molecule has 3 heteroatoms. The summed E-state index contributed by atoms with van der Waals surface area (Å²) in [5, 5.41) is 22.7. The highest BCUT2D eigenvalue weighted by Crippen LogP contribution is 2.28. The van der Waals surface area contributed by atoms with Crippen LogP contribution in [0.2, 0.25) is 0 Å². The fourth-order valence-electron chi connectivity index (χ4n) is 2.08. The monoisotopic (exact) mass is 207 g/mol. The average Bonchev–Trinajstić information content (AvgIpc) is 2.67. The van der Waals surface area contributed by atoms with Gasteiger partial charge in [-0.25, -0.2) is 0 Å². The maximum Gasteiger partial charge on any atom is 0.119 e. The lowest BCUT2D eigenvalue weighted by Crippen LogP contribution is -2.23. The van der Waals surface area contributed by atoms with E-state index in [1.54, 1.807) is 19.1 Å². The fourth-order valence-corrected chi connectivity index (χ4v) is 2.08. The largest absolute Gasteiger partial charge is 0.508 e. The number of hydrogen-bond donors (Lipinski definition) is 3. The molecule has 1 aromatic carbocycles. The predicted molar refractivity (Wildman–Crippen MR) is 59.2 cm³/mol. The van der Waals surface area contributed by atoms with Gasteiger partial charge < -0.3 is 15.5 Å². The molecule has 1 unspecified atom stereocenters. The normalized spacial score (nSPS) is 20.7. The number of phenolic OH excluding ortho intramolecular Hbond substituents is 2. The van der Waals surface area contributed by atoms with Gasteiger partial charge in [0.2, 0.25) is 0 Å². The summed E-state index contributed by atoms with van der Waals surface area (Å²) in [6, 6.07) is 3.74. The Labute approximate surface area is 89.8 Å². The maximum absolute atomic E-state index is 9.74. The summed E-state index contributed by atoms with van der Waals surface area (Å²) in [6.07, 6.45) is 3.14. The van der Waals surface area contributed by atoms with Crippen molar-refractivity contribution in [1.82, 2.24) is 5.32 Å². The van der Waals surface area contributed by atoms with Crippen molar-refractivity contribution >= 4 is 0 Å². The summed E-state index contributed by atoms with van der Waals surface area (Å²) in [6.45, 7) is 2.84. The number of nitrogens with one attached hydrogen (secondary N) is 1. The number of aryl methyl sites for hydroxylation is 1. The van der Waals surface area contributed by atoms with E-state index in [0.717, 1.165) is 30.5 Å². The van der Waals surface area contributed by atoms with Crippen molar-refractivity contribution in [2.45, 2.75) is 32.2 Å². The van der Waals surface area contributed by atoms with Gasteiger partial charge in [0.05, 0.1) is 0 Å². The summed E-state index contributed by atoms with van der Waals surface area (Å²) in [5.41, 5.74) is 1.55. The Bertz CT molecular complexity index is 357. The fraction of sp³-hybridized carbons (Fsp3) is 0.500. The first kappa shape index (κ1) is 10.3. The molecule has 1 heterocycles. The quantitative estimate of drug-likeness (QED) is 0.647. The van der Waals surface area contributed by atoms with E-state index >= 15 is 0 Å². The molecule has 0 spiro atoms. The minimum atomic E-state index is 0.265. The lowest BCUT2D eigenvalue weighted by molar-refractivity contribution is 0.446. The second kappa shape index (κ2) is 4.11. The molecular formula is C12H17NO2. The molecule has 1 atom stereocenters. The third kappa shape index (κ3) is 2.23. The van der Waals surface area contributed by atoms with Gasteiger partial charge in [-0.3, -0.25) is 0 Å². The second-order valence-corrected chi connectivity index (χ2v) is 4.26. The van der Waals surface area contributed by atoms with Gasteiger partial charge in [-0.15, -0.1) is 0 Å². The van der Waals surface area contributed by atoms with Crippen molar-refractivity contribution in [3.63, 3.8) is 0 Å². The van der Waals surface area contributed by atoms with Crippen LogP contribution in [0, 0.1) is 6.92 Å². The van der Waals surface area contributed by atoms with E-state index in [1.807, 2.05) is 0 Å². The highest BCUT2D eigenvalue weighted by atomic mass is 16.3. The molecule has 0 saturated carbocycles. The summed E-state index contributed by atoms with van der Waals surface area (Å²) < 4.78 is 0. The Morgan fingerprint density at radius 3 is 2.80 bits per heavy atom. The molecule has 3 N–H and O–H groups in total. The average molecular weight is 207 g/mol. The van der Waals surface area contributed by atoms with Crippen molar-refractivity contribution in [1.29, 1.82) is 0 Å². The first-order valence-electron chi connectivity index (χ1n) is 5.41. The third-order valence-corrected chi connectivity index (χ3v) is 3.03. The summed E-state index contributed by atoms with van der Waals surface area (Å²) in [7, 11) is 0. The minimum Gasteiger partial charge on any atom is -0.508 e. The Morgan fingerprint density at radius 2 is 2.13 bits per heavy atom. The zero-order chi connectivity index (χ0) is 10.8. The second-order valence-electron chi connectivity index (χ2n) is 4.26. The van der Waals surface area contributed by atoms with Crippen LogP contribution < -0.4 is 5.32 Å². The molecular weight excluding hydrogens is 190 g/mol. The molecule has 1 aliphatic heterocycles. The van der Waals surface area contributed by atoms with Crippen molar-refractivity contribution < 1.29 is 10.2 Å². The Balaban J connectivity index is 2.16. The van der Waals surface area contributed by atoms with Crippen molar-refractivity contribution in [2.75, 3.05) is 6.54 Å². The summed E-state index contributed by atoms with van der Waals surface area (Å²) in [5.74, 6) is 0.555. The van der Waals surface area contributed by atoms with Crippen LogP contribution in [0.25, 0.3) is 0 Å². The van der Waals surface area contributed by atoms with Gasteiger partial charge in [0, 0.05) is 6.04 Å². The van der Waals surface area contributed by atoms with Crippen molar-refractivity contribution in [3.8, 4) is 11.5 Å². The topological polar surface area (TPSA) is 52.5 Å². The van der Waals surface area contributed by atoms with Crippen LogP contribution in [-0.2, 0) is 6.42 Å². The lowest BCUT2D eigenvalue weighted by Gasteiger charge is -2.12. The third-order valence-electron chi connectivity index (χ3n) is 3.03. The SMILES string of the molecule is Cc1cc(O)c(CC2CCCN2)cc1O. The first-order chi connectivity index (χ1) is 7.16. The van der Waals surface area contributed by atoms with Gasteiger partial charge in [0.15, 0.2) is 0 Å². The van der Waals surface area contributed by atoms with Crippen LogP contribution in [0.3, 0.4) is 0 Å². The van der Waals surface area contributed by atoms with Crippen LogP contribution in [0.15, 0.2) is 12.1 Å². The summed E-state index contributed by atoms with van der Waals surface area (Å²) in [4.78, 5) is 0. The number of aromatic hydroxyl groups is 2. The maximum atomic E-state index is 9.74. The first-order valence-corrected chi connectivity index (χ1v) is 5.41. The number of benzene rings is 1. The molecule has 0 bridgehead atoms. The summed E-state index contributed by atoms with van der Waals surface area (Å²) >= 11 is 0. The molecule has 0 amide bonds. The van der Waals surface area contributed by atoms with Crippen molar-refractivity contribution in [2.24, 2.45) is 0 Å². The highest BCUT2D eigenvalue weighted by Gasteiger charge is 2.16. The Kier molecular flexibility index (Phi) is 2.82. The number of rotatable bonds is 2. The van der Waals surface area contributed by atoms with E-state index in [1.165, 1.54) is 6.42 Å². The van der Waals surface area contributed by atoms with E-state index in [-0.39, 0.29) is 5.75 Å². The van der Waals surface area contributed by atoms with Crippen LogP contribution in [-0.4, -0.2) is 22.8 Å².